The van der Waals surface area contributed by atoms with Crippen LogP contribution < -0.4 is 11.1 Å². The predicted molar refractivity (Wildman–Crippen MR) is 113 cm³/mol. The molecule has 3 aromatic rings. The molecule has 2 amide bonds. The Labute approximate surface area is 174 Å². The quantitative estimate of drug-likeness (QED) is 0.566. The van der Waals surface area contributed by atoms with Gasteiger partial charge in [-0.25, -0.2) is 0 Å². The van der Waals surface area contributed by atoms with E-state index in [0.717, 1.165) is 16.7 Å². The molecule has 30 heavy (non-hydrogen) atoms. The van der Waals surface area contributed by atoms with Crippen molar-refractivity contribution in [2.24, 2.45) is 5.73 Å². The molecule has 0 bridgehead atoms. The van der Waals surface area contributed by atoms with E-state index in [1.54, 1.807) is 12.1 Å². The molecular formula is C24H22N2O4. The highest BCUT2D eigenvalue weighted by molar-refractivity contribution is 5.98. The number of ether oxygens (including phenoxy) is 1. The third kappa shape index (κ3) is 5.78. The first-order valence-corrected chi connectivity index (χ1v) is 9.48. The second-order valence-electron chi connectivity index (χ2n) is 6.72. The second-order valence-corrected chi connectivity index (χ2v) is 6.72. The molecule has 0 saturated carbocycles. The van der Waals surface area contributed by atoms with Gasteiger partial charge in [-0.2, -0.15) is 0 Å². The lowest BCUT2D eigenvalue weighted by Gasteiger charge is -2.15. The zero-order chi connectivity index (χ0) is 21.3. The van der Waals surface area contributed by atoms with Crippen molar-refractivity contribution < 1.29 is 19.1 Å². The zero-order valence-corrected chi connectivity index (χ0v) is 16.3. The van der Waals surface area contributed by atoms with Crippen molar-refractivity contribution in [1.82, 2.24) is 5.32 Å². The fourth-order valence-electron chi connectivity index (χ4n) is 2.87. The Morgan fingerprint density at radius 1 is 0.800 bits per heavy atom. The van der Waals surface area contributed by atoms with Gasteiger partial charge in [0.25, 0.3) is 5.91 Å². The third-order valence-corrected chi connectivity index (χ3v) is 4.52. The second kappa shape index (κ2) is 10.0. The van der Waals surface area contributed by atoms with E-state index in [1.165, 1.54) is 0 Å². The van der Waals surface area contributed by atoms with Crippen molar-refractivity contribution in [3.63, 3.8) is 0 Å². The SMILES string of the molecule is NC(=O)[C@H](CC(=O)OCc1ccccc1)NC(=O)c1ccc(-c2ccccc2)cc1. The summed E-state index contributed by atoms with van der Waals surface area (Å²) in [5.41, 5.74) is 8.53. The summed E-state index contributed by atoms with van der Waals surface area (Å²) in [5.74, 6) is -1.92. The fourth-order valence-corrected chi connectivity index (χ4v) is 2.87. The number of nitrogens with two attached hydrogens (primary N) is 1. The van der Waals surface area contributed by atoms with Gasteiger partial charge < -0.3 is 15.8 Å². The van der Waals surface area contributed by atoms with Crippen LogP contribution in [0.4, 0.5) is 0 Å². The molecule has 6 nitrogen and oxygen atoms in total. The fraction of sp³-hybridized carbons (Fsp3) is 0.125. The van der Waals surface area contributed by atoms with Crippen molar-refractivity contribution in [3.8, 4) is 11.1 Å². The first kappa shape index (κ1) is 20.8. The van der Waals surface area contributed by atoms with Crippen molar-refractivity contribution in [3.05, 3.63) is 96.1 Å². The van der Waals surface area contributed by atoms with E-state index in [1.807, 2.05) is 72.8 Å². The van der Waals surface area contributed by atoms with Crippen LogP contribution in [-0.2, 0) is 20.9 Å². The summed E-state index contributed by atoms with van der Waals surface area (Å²) in [4.78, 5) is 36.3. The number of carbonyl (C=O) groups excluding carboxylic acids is 3. The Balaban J connectivity index is 1.58. The standard InChI is InChI=1S/C24H22N2O4/c25-23(28)21(15-22(27)30-16-17-7-3-1-4-8-17)26-24(29)20-13-11-19(12-14-20)18-9-5-2-6-10-18/h1-14,21H,15-16H2,(H2,25,28)(H,26,29)/t21-/m0/s1. The van der Waals surface area contributed by atoms with Crippen LogP contribution in [0, 0.1) is 0 Å². The summed E-state index contributed by atoms with van der Waals surface area (Å²) >= 11 is 0. The first-order chi connectivity index (χ1) is 14.5. The van der Waals surface area contributed by atoms with Crippen molar-refractivity contribution in [2.75, 3.05) is 0 Å². The number of amides is 2. The molecular weight excluding hydrogens is 380 g/mol. The van der Waals surface area contributed by atoms with E-state index in [4.69, 9.17) is 10.5 Å². The molecule has 0 radical (unpaired) electrons. The molecule has 0 saturated heterocycles. The molecule has 1 atom stereocenters. The molecule has 0 heterocycles. The summed E-state index contributed by atoms with van der Waals surface area (Å²) in [6.07, 6.45) is -0.337. The van der Waals surface area contributed by atoms with Crippen LogP contribution in [0.1, 0.15) is 22.3 Å². The molecule has 0 aliphatic heterocycles. The largest absolute Gasteiger partial charge is 0.461 e. The van der Waals surface area contributed by atoms with Crippen molar-refractivity contribution in [2.45, 2.75) is 19.1 Å². The highest BCUT2D eigenvalue weighted by Crippen LogP contribution is 2.19. The lowest BCUT2D eigenvalue weighted by molar-refractivity contribution is -0.146. The highest BCUT2D eigenvalue weighted by Gasteiger charge is 2.23. The normalized spacial score (nSPS) is 11.3. The van der Waals surface area contributed by atoms with E-state index in [2.05, 4.69) is 5.32 Å². The van der Waals surface area contributed by atoms with Gasteiger partial charge in [-0.3, -0.25) is 14.4 Å². The predicted octanol–water partition coefficient (Wildman–Crippen LogP) is 3.07. The molecule has 0 fully saturated rings. The van der Waals surface area contributed by atoms with Crippen LogP contribution in [0.15, 0.2) is 84.9 Å². The lowest BCUT2D eigenvalue weighted by atomic mass is 10.0. The summed E-state index contributed by atoms with van der Waals surface area (Å²) in [6, 6.07) is 24.7. The van der Waals surface area contributed by atoms with Gasteiger partial charge in [0.15, 0.2) is 0 Å². The minimum absolute atomic E-state index is 0.0834. The smallest absolute Gasteiger partial charge is 0.308 e. The Morgan fingerprint density at radius 2 is 1.37 bits per heavy atom. The van der Waals surface area contributed by atoms with Crippen LogP contribution in [0.25, 0.3) is 11.1 Å². The van der Waals surface area contributed by atoms with Gasteiger partial charge in [0.05, 0.1) is 6.42 Å². The molecule has 0 aliphatic carbocycles. The van der Waals surface area contributed by atoms with Gasteiger partial charge in [0.2, 0.25) is 5.91 Å². The van der Waals surface area contributed by atoms with Gasteiger partial charge >= 0.3 is 5.97 Å². The number of hydrogen-bond acceptors (Lipinski definition) is 4. The first-order valence-electron chi connectivity index (χ1n) is 9.48. The average molecular weight is 402 g/mol. The monoisotopic (exact) mass is 402 g/mol. The molecule has 3 rings (SSSR count). The number of primary amides is 1. The maximum absolute atomic E-state index is 12.5. The lowest BCUT2D eigenvalue weighted by Crippen LogP contribution is -2.45. The van der Waals surface area contributed by atoms with Crippen LogP contribution in [0.3, 0.4) is 0 Å². The Hall–Kier alpha value is -3.93. The molecule has 6 heteroatoms. The Morgan fingerprint density at radius 3 is 1.97 bits per heavy atom. The topological polar surface area (TPSA) is 98.5 Å². The average Bonchev–Trinajstić information content (AvgIpc) is 2.78. The number of nitrogens with one attached hydrogen (secondary N) is 1. The van der Waals surface area contributed by atoms with Crippen molar-refractivity contribution >= 4 is 17.8 Å². The third-order valence-electron chi connectivity index (χ3n) is 4.52. The van der Waals surface area contributed by atoms with Crippen LogP contribution in [0.2, 0.25) is 0 Å². The van der Waals surface area contributed by atoms with E-state index in [9.17, 15) is 14.4 Å². The van der Waals surface area contributed by atoms with E-state index in [0.29, 0.717) is 5.56 Å². The maximum Gasteiger partial charge on any atom is 0.308 e. The van der Waals surface area contributed by atoms with Gasteiger partial charge in [0.1, 0.15) is 12.6 Å². The molecule has 0 aromatic heterocycles. The van der Waals surface area contributed by atoms with E-state index < -0.39 is 23.8 Å². The number of esters is 1. The van der Waals surface area contributed by atoms with Gasteiger partial charge in [0, 0.05) is 5.56 Å². The van der Waals surface area contributed by atoms with Crippen LogP contribution >= 0.6 is 0 Å². The molecule has 0 aliphatic rings. The number of hydrogen-bond donors (Lipinski definition) is 2. The molecule has 0 spiro atoms. The molecule has 3 aromatic carbocycles. The van der Waals surface area contributed by atoms with E-state index >= 15 is 0 Å². The Bertz CT molecular complexity index is 1000. The van der Waals surface area contributed by atoms with Gasteiger partial charge in [-0.15, -0.1) is 0 Å². The van der Waals surface area contributed by atoms with Gasteiger partial charge in [-0.05, 0) is 28.8 Å². The van der Waals surface area contributed by atoms with Crippen LogP contribution in [0.5, 0.6) is 0 Å². The number of carbonyl (C=O) groups is 3. The molecule has 0 unspecified atom stereocenters. The molecule has 3 N–H and O–H groups in total. The highest BCUT2D eigenvalue weighted by atomic mass is 16.5. The summed E-state index contributed by atoms with van der Waals surface area (Å²) in [6.45, 7) is 0.0834. The van der Waals surface area contributed by atoms with Crippen LogP contribution in [-0.4, -0.2) is 23.8 Å². The van der Waals surface area contributed by atoms with Gasteiger partial charge in [-0.1, -0.05) is 72.8 Å². The number of benzene rings is 3. The Kier molecular flexibility index (Phi) is 6.95. The maximum atomic E-state index is 12.5. The van der Waals surface area contributed by atoms with Crippen molar-refractivity contribution in [1.29, 1.82) is 0 Å². The summed E-state index contributed by atoms with van der Waals surface area (Å²) < 4.78 is 5.16. The summed E-state index contributed by atoms with van der Waals surface area (Å²) in [5, 5.41) is 2.51. The molecule has 152 valence electrons. The van der Waals surface area contributed by atoms with E-state index in [-0.39, 0.29) is 13.0 Å². The summed E-state index contributed by atoms with van der Waals surface area (Å²) in [7, 11) is 0. The minimum atomic E-state index is -1.16. The number of rotatable bonds is 8. The zero-order valence-electron chi connectivity index (χ0n) is 16.3. The minimum Gasteiger partial charge on any atom is -0.461 e.